The van der Waals surface area contributed by atoms with Crippen LogP contribution in [-0.4, -0.2) is 40.3 Å². The molecule has 7 nitrogen and oxygen atoms in total. The smallest absolute Gasteiger partial charge is 0.347 e. The molecular weight excluding hydrogens is 569 g/mol. The van der Waals surface area contributed by atoms with Crippen LogP contribution in [0, 0.1) is 5.82 Å². The van der Waals surface area contributed by atoms with Gasteiger partial charge in [0, 0.05) is 27.1 Å². The number of benzene rings is 1. The number of amidine groups is 1. The van der Waals surface area contributed by atoms with E-state index in [9.17, 15) is 14.0 Å². The van der Waals surface area contributed by atoms with Crippen LogP contribution < -0.4 is 5.32 Å². The normalized spacial score (nSPS) is 17.0. The Morgan fingerprint density at radius 3 is 2.62 bits per heavy atom. The van der Waals surface area contributed by atoms with Gasteiger partial charge in [0.1, 0.15) is 11.9 Å². The summed E-state index contributed by atoms with van der Waals surface area (Å²) in [6.45, 7) is 4.86. The van der Waals surface area contributed by atoms with Crippen LogP contribution in [0.15, 0.2) is 50.5 Å². The molecule has 32 heavy (non-hydrogen) atoms. The Hall–Kier alpha value is -2.11. The molecule has 170 valence electrons. The molecule has 0 fully saturated rings. The van der Waals surface area contributed by atoms with Gasteiger partial charge in [0.05, 0.1) is 11.7 Å². The predicted molar refractivity (Wildman–Crippen MR) is 126 cm³/mol. The minimum absolute atomic E-state index is 0.193. The van der Waals surface area contributed by atoms with Crippen molar-refractivity contribution < 1.29 is 23.5 Å². The van der Waals surface area contributed by atoms with Crippen molar-refractivity contribution >= 4 is 61.0 Å². The van der Waals surface area contributed by atoms with Gasteiger partial charge in [-0.05, 0) is 38.5 Å². The van der Waals surface area contributed by atoms with Gasteiger partial charge in [0.15, 0.2) is 16.9 Å². The van der Waals surface area contributed by atoms with Crippen molar-refractivity contribution in [1.29, 1.82) is 0 Å². The number of esters is 2. The molecule has 0 saturated heterocycles. The first kappa shape index (κ1) is 24.5. The second-order valence-electron chi connectivity index (χ2n) is 7.07. The highest BCUT2D eigenvalue weighted by molar-refractivity contribution is 9.10. The highest BCUT2D eigenvalue weighted by atomic mass is 79.9. The van der Waals surface area contributed by atoms with E-state index in [4.69, 9.17) is 14.5 Å². The minimum Gasteiger partial charge on any atom is -0.460 e. The maximum absolute atomic E-state index is 13.7. The van der Waals surface area contributed by atoms with E-state index in [1.165, 1.54) is 30.4 Å². The van der Waals surface area contributed by atoms with Crippen molar-refractivity contribution in [1.82, 2.24) is 10.3 Å². The fourth-order valence-electron chi connectivity index (χ4n) is 2.94. The van der Waals surface area contributed by atoms with Crippen molar-refractivity contribution in [3.63, 3.8) is 0 Å². The molecule has 2 unspecified atom stereocenters. The topological polar surface area (TPSA) is 89.9 Å². The van der Waals surface area contributed by atoms with Crippen molar-refractivity contribution in [2.75, 3.05) is 5.33 Å². The average Bonchev–Trinajstić information content (AvgIpc) is 3.27. The number of rotatable bonds is 7. The number of alkyl halides is 1. The molecular formula is C21H20Br2FN3O4S. The van der Waals surface area contributed by atoms with E-state index < -0.39 is 29.9 Å². The van der Waals surface area contributed by atoms with Crippen molar-refractivity contribution in [2.24, 2.45) is 4.99 Å². The molecule has 1 aromatic heterocycles. The zero-order valence-corrected chi connectivity index (χ0v) is 21.4. The quantitative estimate of drug-likeness (QED) is 0.373. The maximum Gasteiger partial charge on any atom is 0.347 e. The number of ether oxygens (including phenoxy) is 2. The number of aromatic nitrogens is 1. The molecule has 0 bridgehead atoms. The second-order valence-corrected chi connectivity index (χ2v) is 9.38. The summed E-state index contributed by atoms with van der Waals surface area (Å²) >= 11 is 8.16. The van der Waals surface area contributed by atoms with Gasteiger partial charge >= 0.3 is 11.9 Å². The third-order valence-corrected chi connectivity index (χ3v) is 6.37. The van der Waals surface area contributed by atoms with Crippen LogP contribution in [0.3, 0.4) is 0 Å². The third-order valence-electron chi connectivity index (χ3n) is 4.34. The summed E-state index contributed by atoms with van der Waals surface area (Å²) in [5.41, 5.74) is 1.25. The van der Waals surface area contributed by atoms with Gasteiger partial charge in [0.2, 0.25) is 0 Å². The Bertz CT molecular complexity index is 1070. The van der Waals surface area contributed by atoms with Gasteiger partial charge < -0.3 is 14.8 Å². The number of carbonyl (C=O) groups is 2. The molecule has 1 aliphatic rings. The highest BCUT2D eigenvalue weighted by Crippen LogP contribution is 2.37. The summed E-state index contributed by atoms with van der Waals surface area (Å²) in [7, 11) is 0. The van der Waals surface area contributed by atoms with Gasteiger partial charge in [-0.1, -0.05) is 37.9 Å². The molecule has 0 saturated carbocycles. The number of halogens is 3. The lowest BCUT2D eigenvalue weighted by Crippen LogP contribution is -2.36. The van der Waals surface area contributed by atoms with Gasteiger partial charge in [-0.25, -0.2) is 19.0 Å². The van der Waals surface area contributed by atoms with Crippen LogP contribution in [0.5, 0.6) is 0 Å². The molecule has 1 aromatic carbocycles. The van der Waals surface area contributed by atoms with E-state index in [-0.39, 0.29) is 17.0 Å². The standard InChI is InChI=1S/C21H20Br2FN3O4S/c1-10(2)30-20(28)11(3)31-21(29)16-15(9-22)26-18(19-25-6-7-32-19)27-17(16)13-5-4-12(24)8-14(13)23/h4-8,10-11,17H,9H2,1-3H3,(H,26,27). The largest absolute Gasteiger partial charge is 0.460 e. The summed E-state index contributed by atoms with van der Waals surface area (Å²) in [5.74, 6) is -1.34. The number of hydrogen-bond donors (Lipinski definition) is 1. The lowest BCUT2D eigenvalue weighted by atomic mass is 9.96. The Balaban J connectivity index is 2.02. The fraction of sp³-hybridized carbons (Fsp3) is 0.333. The van der Waals surface area contributed by atoms with Crippen LogP contribution in [0.1, 0.15) is 37.4 Å². The summed E-state index contributed by atoms with van der Waals surface area (Å²) in [6.07, 6.45) is 0.192. The van der Waals surface area contributed by atoms with Crippen LogP contribution in [0.4, 0.5) is 4.39 Å². The zero-order chi connectivity index (χ0) is 23.4. The van der Waals surface area contributed by atoms with Crippen LogP contribution in [-0.2, 0) is 19.1 Å². The Labute approximate surface area is 205 Å². The molecule has 1 N–H and O–H groups in total. The first-order valence-electron chi connectivity index (χ1n) is 9.61. The first-order chi connectivity index (χ1) is 15.2. The predicted octanol–water partition coefficient (Wildman–Crippen LogP) is 4.67. The molecule has 2 aromatic rings. The second kappa shape index (κ2) is 10.7. The van der Waals surface area contributed by atoms with E-state index in [2.05, 4.69) is 42.2 Å². The monoisotopic (exact) mass is 587 g/mol. The maximum atomic E-state index is 13.7. The number of allylic oxidation sites excluding steroid dienone is 1. The van der Waals surface area contributed by atoms with Crippen LogP contribution in [0.25, 0.3) is 0 Å². The number of carbonyl (C=O) groups excluding carboxylic acids is 2. The molecule has 2 heterocycles. The number of nitrogens with one attached hydrogen (secondary N) is 1. The van der Waals surface area contributed by atoms with E-state index in [0.29, 0.717) is 26.6 Å². The number of thiazole rings is 1. The first-order valence-corrected chi connectivity index (χ1v) is 12.4. The van der Waals surface area contributed by atoms with Crippen LogP contribution >= 0.6 is 43.2 Å². The minimum atomic E-state index is -1.12. The SMILES string of the molecule is CC(C)OC(=O)C(C)OC(=O)C1=C(CBr)NC(c2nccs2)=NC1c1ccc(F)cc1Br. The highest BCUT2D eigenvalue weighted by Gasteiger charge is 2.35. The van der Waals surface area contributed by atoms with Crippen molar-refractivity contribution in [2.45, 2.75) is 39.0 Å². The van der Waals surface area contributed by atoms with E-state index in [1.807, 2.05) is 5.38 Å². The van der Waals surface area contributed by atoms with Gasteiger partial charge in [0.25, 0.3) is 0 Å². The molecule has 0 aliphatic carbocycles. The molecule has 2 atom stereocenters. The van der Waals surface area contributed by atoms with Gasteiger partial charge in [-0.2, -0.15) is 0 Å². The summed E-state index contributed by atoms with van der Waals surface area (Å²) in [5, 5.41) is 5.85. The lowest BCUT2D eigenvalue weighted by molar-refractivity contribution is -0.167. The summed E-state index contributed by atoms with van der Waals surface area (Å²) in [6, 6.07) is 3.32. The summed E-state index contributed by atoms with van der Waals surface area (Å²) < 4.78 is 24.7. The van der Waals surface area contributed by atoms with Crippen LogP contribution in [0.2, 0.25) is 0 Å². The number of hydrogen-bond acceptors (Lipinski definition) is 8. The Morgan fingerprint density at radius 1 is 1.28 bits per heavy atom. The molecule has 0 spiro atoms. The Morgan fingerprint density at radius 2 is 2.03 bits per heavy atom. The van der Waals surface area contributed by atoms with E-state index in [0.717, 1.165) is 0 Å². The Kier molecular flexibility index (Phi) is 8.18. The van der Waals surface area contributed by atoms with Crippen molar-refractivity contribution in [3.8, 4) is 0 Å². The molecule has 3 rings (SSSR count). The molecule has 0 amide bonds. The lowest BCUT2D eigenvalue weighted by Gasteiger charge is -2.27. The van der Waals surface area contributed by atoms with Gasteiger partial charge in [-0.15, -0.1) is 11.3 Å². The van der Waals surface area contributed by atoms with Gasteiger partial charge in [-0.3, -0.25) is 4.99 Å². The summed E-state index contributed by atoms with van der Waals surface area (Å²) in [4.78, 5) is 34.3. The van der Waals surface area contributed by atoms with Crippen molar-refractivity contribution in [3.05, 3.63) is 61.9 Å². The third kappa shape index (κ3) is 5.62. The molecule has 0 radical (unpaired) electrons. The number of nitrogens with zero attached hydrogens (tertiary/aromatic N) is 2. The van der Waals surface area contributed by atoms with E-state index >= 15 is 0 Å². The fourth-order valence-corrected chi connectivity index (χ4v) is 4.54. The zero-order valence-electron chi connectivity index (χ0n) is 17.4. The molecule has 11 heteroatoms. The van der Waals surface area contributed by atoms with E-state index in [1.54, 1.807) is 26.1 Å². The molecule has 1 aliphatic heterocycles. The average molecular weight is 589 g/mol. The number of aliphatic imine (C=N–C) groups is 1.